The number of unbranched alkanes of at least 4 members (excludes halogenated alkanes) is 2. The number of carboxylic acids is 1. The van der Waals surface area contributed by atoms with E-state index in [2.05, 4.69) is 26.8 Å². The van der Waals surface area contributed by atoms with Crippen LogP contribution in [0.2, 0.25) is 0 Å². The Morgan fingerprint density at radius 3 is 2.40 bits per heavy atom. The van der Waals surface area contributed by atoms with Crippen LogP contribution >= 0.6 is 0 Å². The molecule has 0 aliphatic heterocycles. The van der Waals surface area contributed by atoms with Gasteiger partial charge in [-0.2, -0.15) is 0 Å². The van der Waals surface area contributed by atoms with E-state index in [1.54, 1.807) is 0 Å². The van der Waals surface area contributed by atoms with Crippen LogP contribution in [-0.2, 0) is 4.79 Å². The Morgan fingerprint density at radius 1 is 1.25 bits per heavy atom. The lowest BCUT2D eigenvalue weighted by molar-refractivity contribution is -0.927. The normalized spacial score (nSPS) is 13.8. The first-order valence-electron chi connectivity index (χ1n) is 7.89. The van der Waals surface area contributed by atoms with Gasteiger partial charge in [0.15, 0.2) is 0 Å². The minimum absolute atomic E-state index is 0.0996. The van der Waals surface area contributed by atoms with Gasteiger partial charge in [0.05, 0.1) is 19.6 Å². The zero-order chi connectivity index (χ0) is 15.4. The van der Waals surface area contributed by atoms with E-state index in [0.717, 1.165) is 43.4 Å². The molecule has 0 saturated carbocycles. The molecule has 0 amide bonds. The highest BCUT2D eigenvalue weighted by Crippen LogP contribution is 2.12. The maximum Gasteiger partial charge on any atom is 0.121 e. The summed E-state index contributed by atoms with van der Waals surface area (Å²) in [4.78, 5) is 10.5. The standard InChI is InChI=1S/C16H31NO3/c1-4-7-8-9-11-15(18)14-17(5-2,6-3)13-10-12-16(19)20/h9,11,15,18H,4-8,10,12-14H2,1-3H3/b11-9+. The maximum atomic E-state index is 10.5. The molecule has 0 aromatic heterocycles. The molecule has 0 aliphatic carbocycles. The third-order valence-electron chi connectivity index (χ3n) is 4.01. The molecule has 1 atom stereocenters. The maximum absolute atomic E-state index is 10.5. The molecule has 20 heavy (non-hydrogen) atoms. The van der Waals surface area contributed by atoms with Crippen LogP contribution in [0.4, 0.5) is 0 Å². The SMILES string of the molecule is CCCC/C=C/C(O)C[N+](CC)(CC)CCCC(=O)[O-]. The molecule has 0 rings (SSSR count). The fourth-order valence-electron chi connectivity index (χ4n) is 2.48. The summed E-state index contributed by atoms with van der Waals surface area (Å²) < 4.78 is 0.757. The van der Waals surface area contributed by atoms with Crippen molar-refractivity contribution in [2.24, 2.45) is 0 Å². The van der Waals surface area contributed by atoms with Gasteiger partial charge in [-0.05, 0) is 26.7 Å². The van der Waals surface area contributed by atoms with Gasteiger partial charge in [-0.1, -0.05) is 31.9 Å². The van der Waals surface area contributed by atoms with Crippen LogP contribution in [-0.4, -0.2) is 47.8 Å². The Hall–Kier alpha value is -0.870. The molecule has 0 aliphatic rings. The number of aliphatic hydroxyl groups is 1. The van der Waals surface area contributed by atoms with Crippen molar-refractivity contribution in [1.82, 2.24) is 0 Å². The highest BCUT2D eigenvalue weighted by Gasteiger charge is 2.25. The Bertz CT molecular complexity index is 285. The number of allylic oxidation sites excluding steroid dienone is 1. The van der Waals surface area contributed by atoms with Crippen LogP contribution in [0.3, 0.4) is 0 Å². The van der Waals surface area contributed by atoms with Crippen molar-refractivity contribution in [3.63, 3.8) is 0 Å². The number of carbonyl (C=O) groups excluding carboxylic acids is 1. The van der Waals surface area contributed by atoms with Gasteiger partial charge in [-0.15, -0.1) is 0 Å². The van der Waals surface area contributed by atoms with Gasteiger partial charge < -0.3 is 19.5 Å². The van der Waals surface area contributed by atoms with Crippen molar-refractivity contribution in [2.45, 2.75) is 59.0 Å². The van der Waals surface area contributed by atoms with Crippen molar-refractivity contribution in [2.75, 3.05) is 26.2 Å². The van der Waals surface area contributed by atoms with E-state index in [1.807, 2.05) is 6.08 Å². The molecule has 1 N–H and O–H groups in total. The zero-order valence-corrected chi connectivity index (χ0v) is 13.3. The fourth-order valence-corrected chi connectivity index (χ4v) is 2.48. The van der Waals surface area contributed by atoms with E-state index in [-0.39, 0.29) is 6.42 Å². The lowest BCUT2D eigenvalue weighted by Crippen LogP contribution is -2.52. The second-order valence-corrected chi connectivity index (χ2v) is 5.49. The van der Waals surface area contributed by atoms with E-state index < -0.39 is 12.1 Å². The zero-order valence-electron chi connectivity index (χ0n) is 13.3. The number of quaternary nitrogens is 1. The fraction of sp³-hybridized carbons (Fsp3) is 0.812. The third-order valence-corrected chi connectivity index (χ3v) is 4.01. The minimum Gasteiger partial charge on any atom is -0.550 e. The summed E-state index contributed by atoms with van der Waals surface area (Å²) in [6.45, 7) is 9.58. The van der Waals surface area contributed by atoms with Gasteiger partial charge in [0.25, 0.3) is 0 Å². The van der Waals surface area contributed by atoms with Crippen LogP contribution < -0.4 is 5.11 Å². The summed E-state index contributed by atoms with van der Waals surface area (Å²) in [5.41, 5.74) is 0. The number of aliphatic hydroxyl groups excluding tert-OH is 1. The number of hydrogen-bond donors (Lipinski definition) is 1. The van der Waals surface area contributed by atoms with Gasteiger partial charge in [0.1, 0.15) is 12.6 Å². The molecule has 0 radical (unpaired) electrons. The number of hydrogen-bond acceptors (Lipinski definition) is 3. The highest BCUT2D eigenvalue weighted by molar-refractivity contribution is 5.64. The molecule has 118 valence electrons. The minimum atomic E-state index is -0.990. The van der Waals surface area contributed by atoms with Gasteiger partial charge in [-0.25, -0.2) is 0 Å². The summed E-state index contributed by atoms with van der Waals surface area (Å²) >= 11 is 0. The molecular weight excluding hydrogens is 254 g/mol. The van der Waals surface area contributed by atoms with Crippen LogP contribution in [0.5, 0.6) is 0 Å². The molecule has 0 aromatic carbocycles. The van der Waals surface area contributed by atoms with E-state index in [1.165, 1.54) is 0 Å². The number of aliphatic carboxylic acids is 1. The molecule has 0 bridgehead atoms. The summed E-state index contributed by atoms with van der Waals surface area (Å²) in [7, 11) is 0. The first-order valence-corrected chi connectivity index (χ1v) is 7.89. The summed E-state index contributed by atoms with van der Waals surface area (Å²) in [6, 6.07) is 0. The van der Waals surface area contributed by atoms with E-state index in [4.69, 9.17) is 0 Å². The largest absolute Gasteiger partial charge is 0.550 e. The molecule has 0 fully saturated rings. The van der Waals surface area contributed by atoms with Crippen molar-refractivity contribution >= 4 is 5.97 Å². The molecular formula is C16H31NO3. The van der Waals surface area contributed by atoms with Gasteiger partial charge in [0.2, 0.25) is 0 Å². The lowest BCUT2D eigenvalue weighted by Gasteiger charge is -2.38. The molecule has 0 saturated heterocycles. The Labute approximate surface area is 123 Å². The van der Waals surface area contributed by atoms with Crippen LogP contribution in [0.25, 0.3) is 0 Å². The molecule has 0 aromatic rings. The van der Waals surface area contributed by atoms with Crippen molar-refractivity contribution < 1.29 is 19.5 Å². The predicted molar refractivity (Wildman–Crippen MR) is 80.0 cm³/mol. The summed E-state index contributed by atoms with van der Waals surface area (Å²) in [6.07, 6.45) is 7.51. The van der Waals surface area contributed by atoms with Crippen LogP contribution in [0, 0.1) is 0 Å². The number of rotatable bonds is 12. The van der Waals surface area contributed by atoms with Crippen molar-refractivity contribution in [3.05, 3.63) is 12.2 Å². The first kappa shape index (κ1) is 19.1. The number of likely N-dealkylation sites (N-methyl/N-ethyl adjacent to an activating group) is 1. The summed E-state index contributed by atoms with van der Waals surface area (Å²) in [5.74, 6) is -0.990. The van der Waals surface area contributed by atoms with Gasteiger partial charge >= 0.3 is 0 Å². The lowest BCUT2D eigenvalue weighted by atomic mass is 10.1. The second kappa shape index (κ2) is 10.9. The van der Waals surface area contributed by atoms with Crippen molar-refractivity contribution in [1.29, 1.82) is 0 Å². The van der Waals surface area contributed by atoms with Gasteiger partial charge in [-0.3, -0.25) is 0 Å². The Kier molecular flexibility index (Phi) is 10.4. The quantitative estimate of drug-likeness (QED) is 0.336. The number of carboxylic acid groups (broad SMARTS) is 1. The topological polar surface area (TPSA) is 60.4 Å². The van der Waals surface area contributed by atoms with Crippen LogP contribution in [0.1, 0.15) is 52.9 Å². The Morgan fingerprint density at radius 2 is 1.90 bits per heavy atom. The monoisotopic (exact) mass is 285 g/mol. The third kappa shape index (κ3) is 8.33. The molecule has 0 heterocycles. The Balaban J connectivity index is 4.34. The van der Waals surface area contributed by atoms with E-state index in [9.17, 15) is 15.0 Å². The highest BCUT2D eigenvalue weighted by atomic mass is 16.4. The molecule has 1 unspecified atom stereocenters. The average Bonchev–Trinajstić information content (AvgIpc) is 2.42. The first-order chi connectivity index (χ1) is 9.49. The number of carbonyl (C=O) groups is 1. The van der Waals surface area contributed by atoms with Crippen molar-refractivity contribution in [3.8, 4) is 0 Å². The van der Waals surface area contributed by atoms with E-state index >= 15 is 0 Å². The average molecular weight is 285 g/mol. The van der Waals surface area contributed by atoms with Gasteiger partial charge in [0, 0.05) is 12.4 Å². The number of nitrogens with zero attached hydrogens (tertiary/aromatic N) is 1. The summed E-state index contributed by atoms with van der Waals surface area (Å²) in [5, 5.41) is 20.6. The molecule has 4 heteroatoms. The molecule has 0 spiro atoms. The van der Waals surface area contributed by atoms with Crippen LogP contribution in [0.15, 0.2) is 12.2 Å². The molecule has 4 nitrogen and oxygen atoms in total. The second-order valence-electron chi connectivity index (χ2n) is 5.49. The predicted octanol–water partition coefficient (Wildman–Crippen LogP) is 1.48. The smallest absolute Gasteiger partial charge is 0.121 e. The van der Waals surface area contributed by atoms with E-state index in [0.29, 0.717) is 13.0 Å².